The Morgan fingerprint density at radius 1 is 1.06 bits per heavy atom. The predicted octanol–water partition coefficient (Wildman–Crippen LogP) is 6.28. The Morgan fingerprint density at radius 2 is 1.67 bits per heavy atom. The van der Waals surface area contributed by atoms with Gasteiger partial charge in [-0.3, -0.25) is 9.59 Å². The zero-order valence-corrected chi connectivity index (χ0v) is 20.5. The van der Waals surface area contributed by atoms with E-state index in [4.69, 9.17) is 14.9 Å². The Morgan fingerprint density at radius 3 is 2.25 bits per heavy atom. The molecule has 0 atom stereocenters. The number of fused-ring (bicyclic) bond motifs is 1. The molecule has 0 aliphatic carbocycles. The molecule has 0 bridgehead atoms. The van der Waals surface area contributed by atoms with Crippen molar-refractivity contribution in [3.8, 4) is 0 Å². The normalized spacial score (nSPS) is 10.4. The molecule has 2 aromatic carbocycles. The molecule has 0 unspecified atom stereocenters. The van der Waals surface area contributed by atoms with Crippen molar-refractivity contribution in [3.05, 3.63) is 113 Å². The average Bonchev–Trinajstić information content (AvgIpc) is 3.48. The van der Waals surface area contributed by atoms with Crippen LogP contribution in [0, 0.1) is 6.92 Å². The quantitative estimate of drug-likeness (QED) is 0.161. The maximum absolute atomic E-state index is 13.4. The third-order valence-electron chi connectivity index (χ3n) is 5.13. The number of carboxylic acid groups (broad SMARTS) is 1. The highest BCUT2D eigenvalue weighted by molar-refractivity contribution is 7.92. The van der Waals surface area contributed by atoms with Crippen LogP contribution in [-0.2, 0) is 4.79 Å². The van der Waals surface area contributed by atoms with Crippen molar-refractivity contribution in [3.63, 3.8) is 0 Å². The molecule has 1 N–H and O–H groups in total. The van der Waals surface area contributed by atoms with Gasteiger partial charge in [0.25, 0.3) is 6.47 Å². The van der Waals surface area contributed by atoms with Gasteiger partial charge >= 0.3 is 0 Å². The highest BCUT2D eigenvalue weighted by atomic mass is 32.2. The molecule has 5 rings (SSSR count). The van der Waals surface area contributed by atoms with E-state index in [2.05, 4.69) is 9.97 Å². The van der Waals surface area contributed by atoms with Crippen LogP contribution < -0.4 is 0 Å². The van der Waals surface area contributed by atoms with Crippen LogP contribution in [0.2, 0.25) is 0 Å². The average molecular weight is 519 g/mol. The molecular weight excluding hydrogens is 499 g/mol. The molecule has 0 amide bonds. The molecule has 3 heterocycles. The number of hydrogen-bond acceptors (Lipinski definition) is 7. The molecule has 0 fully saturated rings. The third kappa shape index (κ3) is 5.24. The fraction of sp³-hybridized carbons (Fsp3) is 0.0385. The summed E-state index contributed by atoms with van der Waals surface area (Å²) in [6.07, 6.45) is 3.03. The number of halogens is 1. The monoisotopic (exact) mass is 518 g/mol. The van der Waals surface area contributed by atoms with Crippen molar-refractivity contribution in [1.29, 1.82) is 0 Å². The van der Waals surface area contributed by atoms with Gasteiger partial charge in [0.2, 0.25) is 5.78 Å². The maximum atomic E-state index is 13.4. The standard InChI is InChI=1S/C25H17FN4OS2.CH2O2/c1-16-24(29-21(17-9-4-2-5-10-17)18-11-6-3-7-12-18)32-25(28-16)22(31)20-15-30(33-26)23-19(20)13-8-14-27-23;2-1-3/h2-15H,1H3;1H,(H,2,3). The number of aryl methyl sites for hydroxylation is 1. The van der Waals surface area contributed by atoms with Crippen molar-refractivity contribution < 1.29 is 18.6 Å². The van der Waals surface area contributed by atoms with Crippen LogP contribution in [0.4, 0.5) is 8.89 Å². The third-order valence-corrected chi connectivity index (χ3v) is 6.60. The second-order valence-corrected chi connectivity index (χ2v) is 8.86. The van der Waals surface area contributed by atoms with Crippen molar-refractivity contribution in [1.82, 2.24) is 13.9 Å². The van der Waals surface area contributed by atoms with Crippen molar-refractivity contribution in [2.24, 2.45) is 4.99 Å². The first kappa shape index (κ1) is 25.0. The van der Waals surface area contributed by atoms with Crippen LogP contribution >= 0.6 is 23.7 Å². The van der Waals surface area contributed by atoms with Crippen LogP contribution in [-0.4, -0.2) is 37.0 Å². The van der Waals surface area contributed by atoms with E-state index in [0.29, 0.717) is 32.3 Å². The zero-order valence-electron chi connectivity index (χ0n) is 18.9. The minimum absolute atomic E-state index is 0.00682. The molecule has 7 nitrogen and oxygen atoms in total. The van der Waals surface area contributed by atoms with Crippen molar-refractivity contribution in [2.45, 2.75) is 6.92 Å². The van der Waals surface area contributed by atoms with Crippen LogP contribution in [0.15, 0.2) is 90.2 Å². The minimum Gasteiger partial charge on any atom is -0.483 e. The molecule has 10 heteroatoms. The summed E-state index contributed by atoms with van der Waals surface area (Å²) in [4.78, 5) is 35.3. The van der Waals surface area contributed by atoms with Crippen LogP contribution in [0.25, 0.3) is 11.0 Å². The lowest BCUT2D eigenvalue weighted by Gasteiger charge is -2.07. The van der Waals surface area contributed by atoms with E-state index in [-0.39, 0.29) is 24.6 Å². The van der Waals surface area contributed by atoms with E-state index in [1.54, 1.807) is 18.3 Å². The summed E-state index contributed by atoms with van der Waals surface area (Å²) in [6, 6.07) is 23.3. The van der Waals surface area contributed by atoms with Gasteiger partial charge in [0.1, 0.15) is 5.00 Å². The molecule has 0 saturated heterocycles. The van der Waals surface area contributed by atoms with Gasteiger partial charge in [0, 0.05) is 28.9 Å². The van der Waals surface area contributed by atoms with E-state index in [0.717, 1.165) is 16.8 Å². The van der Waals surface area contributed by atoms with Crippen LogP contribution in [0.1, 0.15) is 32.2 Å². The Kier molecular flexibility index (Phi) is 7.99. The molecule has 0 saturated carbocycles. The SMILES string of the molecule is Cc1nc(C(=O)c2cn(SF)c3ncccc23)sc1N=C(c1ccccc1)c1ccccc1.O=CO. The summed E-state index contributed by atoms with van der Waals surface area (Å²) >= 11 is 1.23. The van der Waals surface area contributed by atoms with Gasteiger partial charge in [-0.15, -0.1) is 3.89 Å². The lowest BCUT2D eigenvalue weighted by molar-refractivity contribution is -0.122. The summed E-state index contributed by atoms with van der Waals surface area (Å²) < 4.78 is 14.6. The number of carbonyl (C=O) groups is 2. The highest BCUT2D eigenvalue weighted by Gasteiger charge is 2.22. The van der Waals surface area contributed by atoms with Crippen LogP contribution in [0.5, 0.6) is 0 Å². The molecule has 0 aliphatic rings. The topological polar surface area (TPSA) is 97.4 Å². The molecule has 180 valence electrons. The fourth-order valence-electron chi connectivity index (χ4n) is 3.56. The number of benzene rings is 2. The molecule has 3 aromatic heterocycles. The van der Waals surface area contributed by atoms with E-state index in [1.807, 2.05) is 67.6 Å². The molecule has 0 radical (unpaired) electrons. The van der Waals surface area contributed by atoms with E-state index < -0.39 is 0 Å². The maximum Gasteiger partial charge on any atom is 0.290 e. The van der Waals surface area contributed by atoms with Crippen molar-refractivity contribution in [2.75, 3.05) is 0 Å². The van der Waals surface area contributed by atoms with Gasteiger partial charge in [-0.1, -0.05) is 72.0 Å². The summed E-state index contributed by atoms with van der Waals surface area (Å²) in [6.45, 7) is 1.59. The van der Waals surface area contributed by atoms with Gasteiger partial charge in [-0.25, -0.2) is 18.9 Å². The number of aromatic nitrogens is 3. The Balaban J connectivity index is 0.000000967. The van der Waals surface area contributed by atoms with Gasteiger partial charge in [0.15, 0.2) is 23.0 Å². The largest absolute Gasteiger partial charge is 0.483 e. The molecule has 0 spiro atoms. The first-order valence-corrected chi connectivity index (χ1v) is 12.1. The first-order chi connectivity index (χ1) is 17.6. The lowest BCUT2D eigenvalue weighted by Crippen LogP contribution is -2.02. The van der Waals surface area contributed by atoms with Gasteiger partial charge in [-0.2, -0.15) is 0 Å². The Hall–Kier alpha value is -4.15. The van der Waals surface area contributed by atoms with E-state index in [1.165, 1.54) is 21.5 Å². The van der Waals surface area contributed by atoms with E-state index in [9.17, 15) is 8.68 Å². The highest BCUT2D eigenvalue weighted by Crippen LogP contribution is 2.33. The number of hydrogen-bond donors (Lipinski definition) is 1. The fourth-order valence-corrected chi connectivity index (χ4v) is 4.81. The summed E-state index contributed by atoms with van der Waals surface area (Å²) in [7, 11) is 0. The molecular formula is C26H19FN4O3S2. The number of rotatable bonds is 6. The van der Waals surface area contributed by atoms with Gasteiger partial charge in [0.05, 0.1) is 17.0 Å². The second kappa shape index (κ2) is 11.5. The number of carbonyl (C=O) groups excluding carboxylic acids is 1. The number of nitrogens with zero attached hydrogens (tertiary/aromatic N) is 4. The minimum atomic E-state index is -0.281. The summed E-state index contributed by atoms with van der Waals surface area (Å²) in [5.41, 5.74) is 4.16. The Bertz CT molecular complexity index is 1490. The smallest absolute Gasteiger partial charge is 0.290 e. The van der Waals surface area contributed by atoms with Crippen molar-refractivity contribution >= 4 is 57.7 Å². The Labute approximate surface area is 214 Å². The number of thiazole rings is 1. The number of aliphatic imine (C=N–C) groups is 1. The molecule has 0 aliphatic heterocycles. The van der Waals surface area contributed by atoms with Gasteiger partial charge in [-0.05, 0) is 19.1 Å². The van der Waals surface area contributed by atoms with E-state index >= 15 is 0 Å². The second-order valence-electron chi connectivity index (χ2n) is 7.35. The lowest BCUT2D eigenvalue weighted by atomic mass is 10.0. The molecule has 5 aromatic rings. The number of pyridine rings is 1. The van der Waals surface area contributed by atoms with Gasteiger partial charge < -0.3 is 5.11 Å². The summed E-state index contributed by atoms with van der Waals surface area (Å²) in [5, 5.41) is 8.43. The zero-order chi connectivity index (χ0) is 25.5. The van der Waals surface area contributed by atoms with Crippen LogP contribution in [0.3, 0.4) is 0 Å². The predicted molar refractivity (Wildman–Crippen MR) is 141 cm³/mol. The summed E-state index contributed by atoms with van der Waals surface area (Å²) in [5.74, 6) is -0.281. The molecule has 36 heavy (non-hydrogen) atoms. The first-order valence-electron chi connectivity index (χ1n) is 10.6. The number of ketones is 1.